The van der Waals surface area contributed by atoms with Gasteiger partial charge in [-0.2, -0.15) is 17.6 Å². The highest BCUT2D eigenvalue weighted by molar-refractivity contribution is 5.83. The Hall–Kier alpha value is -1.94. The normalized spacial score (nSPS) is 32.2. The fourth-order valence-electron chi connectivity index (χ4n) is 4.67. The number of nitrogens with one attached hydrogen (secondary N) is 1. The van der Waals surface area contributed by atoms with Crippen LogP contribution in [0.5, 0.6) is 5.75 Å². The number of methoxy groups -OCH3 is 1. The SMILES string of the molecule is COc1c([C@H]2[C@H](C(=O)NC[C@H]3COC(C)(C)C3)O[C@@](C)(C(F)(F)F)[C@H]2C)ccc(F)c1F. The summed E-state index contributed by atoms with van der Waals surface area (Å²) in [5.74, 6) is -6.35. The zero-order valence-electron chi connectivity index (χ0n) is 18.6. The van der Waals surface area contributed by atoms with Gasteiger partial charge in [0, 0.05) is 29.9 Å². The Labute approximate surface area is 183 Å². The Morgan fingerprint density at radius 2 is 1.91 bits per heavy atom. The van der Waals surface area contributed by atoms with E-state index < -0.39 is 53.0 Å². The smallest absolute Gasteiger partial charge is 0.417 e. The van der Waals surface area contributed by atoms with Gasteiger partial charge < -0.3 is 19.5 Å². The molecule has 2 fully saturated rings. The number of ether oxygens (including phenoxy) is 3. The average molecular weight is 465 g/mol. The van der Waals surface area contributed by atoms with Crippen molar-refractivity contribution in [2.45, 2.75) is 63.5 Å². The van der Waals surface area contributed by atoms with Gasteiger partial charge in [-0.25, -0.2) is 4.39 Å². The number of alkyl halides is 3. The third-order valence-corrected chi connectivity index (χ3v) is 6.63. The lowest BCUT2D eigenvalue weighted by Gasteiger charge is -2.32. The van der Waals surface area contributed by atoms with Crippen LogP contribution in [0.2, 0.25) is 0 Å². The third-order valence-electron chi connectivity index (χ3n) is 6.63. The molecule has 2 saturated heterocycles. The minimum absolute atomic E-state index is 0.00183. The van der Waals surface area contributed by atoms with Crippen LogP contribution < -0.4 is 10.1 Å². The summed E-state index contributed by atoms with van der Waals surface area (Å²) in [5.41, 5.74) is -3.07. The van der Waals surface area contributed by atoms with Gasteiger partial charge in [0.05, 0.1) is 19.3 Å². The molecule has 0 spiro atoms. The van der Waals surface area contributed by atoms with Gasteiger partial charge in [-0.1, -0.05) is 13.0 Å². The first-order valence-corrected chi connectivity index (χ1v) is 10.4. The van der Waals surface area contributed by atoms with Gasteiger partial charge in [0.1, 0.15) is 6.10 Å². The van der Waals surface area contributed by atoms with Gasteiger partial charge >= 0.3 is 6.18 Å². The van der Waals surface area contributed by atoms with Crippen LogP contribution in [-0.4, -0.2) is 49.7 Å². The average Bonchev–Trinajstić information content (AvgIpc) is 3.19. The van der Waals surface area contributed by atoms with Crippen LogP contribution in [0, 0.1) is 23.5 Å². The maximum Gasteiger partial charge on any atom is 0.417 e. The molecule has 180 valence electrons. The molecule has 32 heavy (non-hydrogen) atoms. The molecular weight excluding hydrogens is 437 g/mol. The van der Waals surface area contributed by atoms with Crippen LogP contribution in [0.1, 0.15) is 45.6 Å². The molecule has 10 heteroatoms. The molecule has 0 radical (unpaired) electrons. The van der Waals surface area contributed by atoms with Gasteiger partial charge in [0.25, 0.3) is 0 Å². The Morgan fingerprint density at radius 3 is 2.44 bits per heavy atom. The van der Waals surface area contributed by atoms with Gasteiger partial charge in [-0.15, -0.1) is 0 Å². The molecule has 5 nitrogen and oxygen atoms in total. The fraction of sp³-hybridized carbons (Fsp3) is 0.682. The quantitative estimate of drug-likeness (QED) is 0.658. The zero-order chi connectivity index (χ0) is 24.1. The summed E-state index contributed by atoms with van der Waals surface area (Å²) in [6.45, 7) is 6.57. The minimum atomic E-state index is -4.80. The molecule has 1 aromatic carbocycles. The summed E-state index contributed by atoms with van der Waals surface area (Å²) in [4.78, 5) is 13.0. The van der Waals surface area contributed by atoms with Crippen LogP contribution in [0.25, 0.3) is 0 Å². The van der Waals surface area contributed by atoms with E-state index in [2.05, 4.69) is 5.32 Å². The number of amides is 1. The molecule has 2 heterocycles. The lowest BCUT2D eigenvalue weighted by atomic mass is 9.77. The molecule has 0 aliphatic carbocycles. The number of rotatable bonds is 5. The van der Waals surface area contributed by atoms with Gasteiger partial charge in [0.2, 0.25) is 11.7 Å². The maximum absolute atomic E-state index is 14.3. The first-order valence-electron chi connectivity index (χ1n) is 10.4. The summed E-state index contributed by atoms with van der Waals surface area (Å²) < 4.78 is 85.8. The highest BCUT2D eigenvalue weighted by atomic mass is 19.4. The molecule has 5 atom stereocenters. The van der Waals surface area contributed by atoms with E-state index in [1.807, 2.05) is 13.8 Å². The molecule has 0 aromatic heterocycles. The summed E-state index contributed by atoms with van der Waals surface area (Å²) in [6.07, 6.45) is -5.70. The topological polar surface area (TPSA) is 56.8 Å². The van der Waals surface area contributed by atoms with E-state index in [4.69, 9.17) is 14.2 Å². The summed E-state index contributed by atoms with van der Waals surface area (Å²) in [6, 6.07) is 1.94. The molecule has 1 N–H and O–H groups in total. The van der Waals surface area contributed by atoms with Crippen molar-refractivity contribution in [3.63, 3.8) is 0 Å². The van der Waals surface area contributed by atoms with Gasteiger partial charge in [-0.05, 0) is 33.3 Å². The first-order chi connectivity index (χ1) is 14.7. The lowest BCUT2D eigenvalue weighted by molar-refractivity contribution is -0.272. The predicted octanol–water partition coefficient (Wildman–Crippen LogP) is 4.34. The van der Waals surface area contributed by atoms with E-state index in [1.165, 1.54) is 6.92 Å². The second kappa shape index (κ2) is 8.44. The van der Waals surface area contributed by atoms with E-state index in [9.17, 15) is 26.7 Å². The number of halogens is 5. The molecule has 2 aliphatic rings. The van der Waals surface area contributed by atoms with Crippen LogP contribution in [-0.2, 0) is 14.3 Å². The number of hydrogen-bond donors (Lipinski definition) is 1. The van der Waals surface area contributed by atoms with Crippen molar-refractivity contribution in [1.82, 2.24) is 5.32 Å². The molecule has 0 saturated carbocycles. The number of benzene rings is 1. The monoisotopic (exact) mass is 465 g/mol. The molecular formula is C22H28F5NO4. The first kappa shape index (κ1) is 24.7. The molecule has 2 aliphatic heterocycles. The second-order valence-corrected chi connectivity index (χ2v) is 9.33. The van der Waals surface area contributed by atoms with Crippen molar-refractivity contribution in [3.8, 4) is 5.75 Å². The number of hydrogen-bond acceptors (Lipinski definition) is 4. The molecule has 1 aromatic rings. The Kier molecular flexibility index (Phi) is 6.52. The van der Waals surface area contributed by atoms with Crippen molar-refractivity contribution in [3.05, 3.63) is 29.3 Å². The second-order valence-electron chi connectivity index (χ2n) is 9.33. The summed E-state index contributed by atoms with van der Waals surface area (Å²) in [5, 5.41) is 2.66. The largest absolute Gasteiger partial charge is 0.493 e. The Morgan fingerprint density at radius 1 is 1.25 bits per heavy atom. The van der Waals surface area contributed by atoms with Gasteiger partial charge in [-0.3, -0.25) is 4.79 Å². The zero-order valence-corrected chi connectivity index (χ0v) is 18.6. The molecule has 0 bridgehead atoms. The van der Waals surface area contributed by atoms with Crippen molar-refractivity contribution >= 4 is 5.91 Å². The molecule has 3 rings (SSSR count). The van der Waals surface area contributed by atoms with E-state index >= 15 is 0 Å². The van der Waals surface area contributed by atoms with Crippen molar-refractivity contribution in [2.24, 2.45) is 11.8 Å². The molecule has 0 unspecified atom stereocenters. The molecule has 1 amide bonds. The predicted molar refractivity (Wildman–Crippen MR) is 105 cm³/mol. The van der Waals surface area contributed by atoms with Crippen molar-refractivity contribution < 1.29 is 41.0 Å². The fourth-order valence-corrected chi connectivity index (χ4v) is 4.67. The maximum atomic E-state index is 14.3. The van der Waals surface area contributed by atoms with Crippen LogP contribution >= 0.6 is 0 Å². The van der Waals surface area contributed by atoms with Crippen LogP contribution in [0.4, 0.5) is 22.0 Å². The van der Waals surface area contributed by atoms with Gasteiger partial charge in [0.15, 0.2) is 17.2 Å². The highest BCUT2D eigenvalue weighted by Gasteiger charge is 2.65. The van der Waals surface area contributed by atoms with E-state index in [1.54, 1.807) is 0 Å². The van der Waals surface area contributed by atoms with Crippen molar-refractivity contribution in [2.75, 3.05) is 20.3 Å². The summed E-state index contributed by atoms with van der Waals surface area (Å²) >= 11 is 0. The van der Waals surface area contributed by atoms with E-state index in [0.717, 1.165) is 26.2 Å². The lowest BCUT2D eigenvalue weighted by Crippen LogP contribution is -2.47. The van der Waals surface area contributed by atoms with Crippen LogP contribution in [0.15, 0.2) is 12.1 Å². The minimum Gasteiger partial charge on any atom is -0.493 e. The summed E-state index contributed by atoms with van der Waals surface area (Å²) in [7, 11) is 1.09. The Balaban J connectivity index is 1.93. The van der Waals surface area contributed by atoms with E-state index in [-0.39, 0.29) is 23.6 Å². The number of carbonyl (C=O) groups excluding carboxylic acids is 1. The third kappa shape index (κ3) is 4.31. The van der Waals surface area contributed by atoms with Crippen molar-refractivity contribution in [1.29, 1.82) is 0 Å². The van der Waals surface area contributed by atoms with E-state index in [0.29, 0.717) is 13.0 Å². The highest BCUT2D eigenvalue weighted by Crippen LogP contribution is 2.54. The van der Waals surface area contributed by atoms with Crippen LogP contribution in [0.3, 0.4) is 0 Å². The Bertz CT molecular complexity index is 875. The number of carbonyl (C=O) groups is 1. The standard InChI is InChI=1S/C22H28F5NO4/c1-11-15(13-6-7-14(23)16(24)17(13)30-5)18(32-21(11,4)22(25,26)27)19(29)28-9-12-8-20(2,3)31-10-12/h6-7,11-12,15,18H,8-10H2,1-5H3,(H,28,29)/t11-,12-,15-,18+,21+/m0/s1.